The number of fused-ring (bicyclic) bond motifs is 10. The summed E-state index contributed by atoms with van der Waals surface area (Å²) in [5.41, 5.74) is 17.7. The van der Waals surface area contributed by atoms with Gasteiger partial charge in [-0.25, -0.2) is 33.5 Å². The van der Waals surface area contributed by atoms with Crippen LogP contribution < -0.4 is 47.3 Å². The van der Waals surface area contributed by atoms with E-state index in [1.54, 1.807) is 63.7 Å². The lowest BCUT2D eigenvalue weighted by molar-refractivity contribution is 0.277. The SMILES string of the molecule is CCN1CCCC1CNc1nc(Nc2ccc3[nH]ncc3c2)c2sccc2n1.Cc1cc(Nc2nc(Nc3ccc4[nH]ncc4c3)c3sccc3n2)c2ccccc2n1.NS(=O)(=O)c1ccc(CNc2nc(Nc3ccc4[nH]ncc4c3)c3sccc3n2)cc1.c1ccc2c(c1)CCCN2c1nc(Nc2ccc3[nH]ncc3c2)c2sccc2n1. The molecule has 34 heteroatoms. The van der Waals surface area contributed by atoms with Crippen molar-refractivity contribution in [1.29, 1.82) is 0 Å². The Balaban J connectivity index is 0.000000105. The van der Waals surface area contributed by atoms with Gasteiger partial charge in [-0.1, -0.05) is 55.5 Å². The van der Waals surface area contributed by atoms with E-state index in [9.17, 15) is 8.42 Å². The lowest BCUT2D eigenvalue weighted by Crippen LogP contribution is -2.34. The molecule has 15 heterocycles. The first kappa shape index (κ1) is 75.3. The van der Waals surface area contributed by atoms with Gasteiger partial charge in [-0.15, -0.1) is 45.3 Å². The number of hydrogen-bond donors (Lipinski definition) is 12. The number of sulfonamides is 1. The Labute approximate surface area is 695 Å². The highest BCUT2D eigenvalue weighted by atomic mass is 32.2. The number of aromatic amines is 4. The second-order valence-corrected chi connectivity index (χ2v) is 33.7. The number of para-hydroxylation sites is 2. The van der Waals surface area contributed by atoms with Crippen molar-refractivity contribution in [2.24, 2.45) is 5.14 Å². The molecule has 29 nitrogen and oxygen atoms in total. The average Bonchev–Trinajstić information content (AvgIpc) is 1.66. The number of aromatic nitrogens is 17. The predicted octanol–water partition coefficient (Wildman–Crippen LogP) is 19.1. The quantitative estimate of drug-likeness (QED) is 0.0358. The molecule has 1 unspecified atom stereocenters. The zero-order valence-electron chi connectivity index (χ0n) is 63.9. The molecule has 119 heavy (non-hydrogen) atoms. The van der Waals surface area contributed by atoms with Crippen molar-refractivity contribution in [2.45, 2.75) is 57.0 Å². The fourth-order valence-corrected chi connectivity index (χ4v) is 18.4. The van der Waals surface area contributed by atoms with E-state index >= 15 is 0 Å². The molecule has 592 valence electrons. The maximum absolute atomic E-state index is 11.4. The van der Waals surface area contributed by atoms with Gasteiger partial charge in [0.1, 0.15) is 0 Å². The molecule has 1 saturated heterocycles. The first-order valence-corrected chi connectivity index (χ1v) is 43.5. The summed E-state index contributed by atoms with van der Waals surface area (Å²) in [6, 6.07) is 57.9. The minimum Gasteiger partial charge on any atom is -0.353 e. The zero-order valence-corrected chi connectivity index (χ0v) is 68.0. The molecule has 0 aliphatic carbocycles. The van der Waals surface area contributed by atoms with Crippen LogP contribution in [-0.4, -0.2) is 131 Å². The van der Waals surface area contributed by atoms with E-state index in [1.165, 1.54) is 42.8 Å². The third-order valence-electron chi connectivity index (χ3n) is 20.6. The maximum Gasteiger partial charge on any atom is 0.238 e. The Bertz CT molecular complexity index is 7200. The number of nitrogens with one attached hydrogen (secondary N) is 11. The number of H-pyrrole nitrogens is 4. The van der Waals surface area contributed by atoms with Gasteiger partial charge in [0.05, 0.1) is 104 Å². The molecule has 2 aliphatic rings. The Morgan fingerprint density at radius 1 is 0.462 bits per heavy atom. The van der Waals surface area contributed by atoms with Crippen LogP contribution in [-0.2, 0) is 23.0 Å². The molecular weight excluding hydrogens is 1590 g/mol. The van der Waals surface area contributed by atoms with E-state index in [2.05, 4.69) is 163 Å². The van der Waals surface area contributed by atoms with Crippen molar-refractivity contribution in [2.75, 3.05) is 68.3 Å². The summed E-state index contributed by atoms with van der Waals surface area (Å²) >= 11 is 6.49. The number of likely N-dealkylation sites (N-methyl/N-ethyl adjacent to an activating group) is 1. The van der Waals surface area contributed by atoms with E-state index in [4.69, 9.17) is 35.0 Å². The van der Waals surface area contributed by atoms with Crippen LogP contribution in [0.4, 0.5) is 81.2 Å². The Kier molecular flexibility index (Phi) is 20.9. The second-order valence-electron chi connectivity index (χ2n) is 28.5. The summed E-state index contributed by atoms with van der Waals surface area (Å²) in [4.78, 5) is 47.5. The van der Waals surface area contributed by atoms with Gasteiger partial charge < -0.3 is 42.1 Å². The normalized spacial score (nSPS) is 13.5. The molecule has 1 fully saturated rings. The van der Waals surface area contributed by atoms with Gasteiger partial charge in [-0.3, -0.25) is 30.3 Å². The van der Waals surface area contributed by atoms with Crippen molar-refractivity contribution in [1.82, 2.24) is 90.5 Å². The predicted molar refractivity (Wildman–Crippen MR) is 483 cm³/mol. The third-order valence-corrected chi connectivity index (χ3v) is 25.1. The van der Waals surface area contributed by atoms with Crippen molar-refractivity contribution < 1.29 is 8.42 Å². The summed E-state index contributed by atoms with van der Waals surface area (Å²) in [5.74, 6) is 5.57. The van der Waals surface area contributed by atoms with E-state index in [-0.39, 0.29) is 4.90 Å². The highest BCUT2D eigenvalue weighted by Crippen LogP contribution is 2.39. The average molecular weight is 1670 g/mol. The van der Waals surface area contributed by atoms with Gasteiger partial charge >= 0.3 is 0 Å². The monoisotopic (exact) mass is 1670 g/mol. The molecule has 13 N–H and O–H groups in total. The molecule has 20 aromatic rings. The number of benzene rings is 7. The minimum atomic E-state index is -3.71. The molecular formula is C85H75N27O2S5. The third kappa shape index (κ3) is 16.6. The van der Waals surface area contributed by atoms with Gasteiger partial charge in [0, 0.05) is 86.7 Å². The first-order chi connectivity index (χ1) is 58.3. The summed E-state index contributed by atoms with van der Waals surface area (Å²) in [6.07, 6.45) is 11.9. The van der Waals surface area contributed by atoms with Crippen LogP contribution in [0.25, 0.3) is 95.4 Å². The Morgan fingerprint density at radius 3 is 1.45 bits per heavy atom. The molecule has 0 spiro atoms. The largest absolute Gasteiger partial charge is 0.353 e. The molecule has 22 rings (SSSR count). The van der Waals surface area contributed by atoms with Crippen LogP contribution in [0.1, 0.15) is 43.0 Å². The van der Waals surface area contributed by atoms with E-state index in [0.717, 1.165) is 191 Å². The summed E-state index contributed by atoms with van der Waals surface area (Å²) in [7, 11) is -3.71. The molecule has 0 bridgehead atoms. The number of hydrogen-bond acceptors (Lipinski definition) is 28. The van der Waals surface area contributed by atoms with Gasteiger partial charge in [-0.2, -0.15) is 40.3 Å². The summed E-state index contributed by atoms with van der Waals surface area (Å²) in [6.45, 7) is 8.74. The van der Waals surface area contributed by atoms with Gasteiger partial charge in [0.2, 0.25) is 33.8 Å². The standard InChI is InChI=1S/C23H17N7S.C22H18N6S.C20H17N7O2S2.C20H23N7S/c1-13-10-20(16-4-2-3-5-18(16)25-13)28-23-27-19-8-9-31-21(19)22(29-23)26-15-6-7-17-14(11-15)12-24-30-17;1-2-6-19-14(4-1)5-3-10-28(19)22-25-18-9-11-29-20(18)21(26-22)24-16-7-8-17-15(12-16)13-23-27-17;21-31(28,29)15-4-1-12(2-5-15)10-22-20-25-17-7-8-30-18(17)19(26-20)24-14-3-6-16-13(9-14)11-23-27-16;1-2-27-8-3-4-15(27)12-21-20-24-17-7-9-28-18(17)19(25-20)23-14-5-6-16-13(10-14)11-22-26-16/h2-12H,1H3,(H,24,30)(H2,25,26,27,28,29);1-2,4,6-9,11-13H,3,5,10H2,(H,23,27)(H,24,25,26);1-9,11H,10H2,(H,23,27)(H2,21,28,29)(H2,22,24,25,26);5-7,9-11,15H,2-4,8,12H2,1H3,(H,22,26)(H2,21,23,24,25). The van der Waals surface area contributed by atoms with E-state index in [1.807, 2.05) is 145 Å². The number of nitrogens with two attached hydrogens (primary N) is 1. The molecule has 13 aromatic heterocycles. The minimum absolute atomic E-state index is 0.0771. The molecule has 2 aliphatic heterocycles. The number of likely N-dealkylation sites (tertiary alicyclic amines) is 1. The fraction of sp³-hybridized carbons (Fsp3) is 0.141. The number of aryl methyl sites for hydroxylation is 2. The summed E-state index contributed by atoms with van der Waals surface area (Å²) < 4.78 is 26.9. The van der Waals surface area contributed by atoms with Crippen LogP contribution in [0.15, 0.2) is 227 Å². The number of nitrogens with zero attached hydrogens (tertiary/aromatic N) is 15. The number of thiophene rings is 4. The highest BCUT2D eigenvalue weighted by Gasteiger charge is 2.25. The smallest absolute Gasteiger partial charge is 0.238 e. The van der Waals surface area contributed by atoms with Gasteiger partial charge in [0.25, 0.3) is 0 Å². The van der Waals surface area contributed by atoms with Gasteiger partial charge in [0.15, 0.2) is 23.3 Å². The maximum atomic E-state index is 11.4. The van der Waals surface area contributed by atoms with Crippen LogP contribution >= 0.6 is 45.3 Å². The lowest BCUT2D eigenvalue weighted by Gasteiger charge is -2.29. The van der Waals surface area contributed by atoms with E-state index < -0.39 is 10.0 Å². The Hall–Kier alpha value is -13.7. The number of rotatable bonds is 19. The molecule has 1 atom stereocenters. The summed E-state index contributed by atoms with van der Waals surface area (Å²) in [5, 5.41) is 70.6. The van der Waals surface area contributed by atoms with Crippen molar-refractivity contribution in [3.05, 3.63) is 239 Å². The molecule has 0 amide bonds. The zero-order chi connectivity index (χ0) is 80.3. The van der Waals surface area contributed by atoms with Gasteiger partial charge in [-0.05, 0) is 206 Å². The molecule has 0 radical (unpaired) electrons. The molecule has 7 aromatic carbocycles. The van der Waals surface area contributed by atoms with Crippen LogP contribution in [0.5, 0.6) is 0 Å². The molecule has 0 saturated carbocycles. The second kappa shape index (κ2) is 33.1. The van der Waals surface area contributed by atoms with Crippen LogP contribution in [0.2, 0.25) is 0 Å². The van der Waals surface area contributed by atoms with Crippen molar-refractivity contribution >= 4 is 232 Å². The Morgan fingerprint density at radius 2 is 0.933 bits per heavy atom. The number of anilines is 14. The number of primary sulfonamides is 1. The number of pyridine rings is 1. The van der Waals surface area contributed by atoms with Crippen molar-refractivity contribution in [3.8, 4) is 0 Å². The first-order valence-electron chi connectivity index (χ1n) is 38.5. The van der Waals surface area contributed by atoms with Crippen LogP contribution in [0.3, 0.4) is 0 Å². The topological polar surface area (TPSA) is 382 Å². The van der Waals surface area contributed by atoms with Crippen LogP contribution in [0, 0.1) is 6.92 Å². The van der Waals surface area contributed by atoms with Crippen molar-refractivity contribution in [3.63, 3.8) is 0 Å². The highest BCUT2D eigenvalue weighted by molar-refractivity contribution is 7.89. The lowest BCUT2D eigenvalue weighted by atomic mass is 10.0. The fourth-order valence-electron chi connectivity index (χ4n) is 14.7. The van der Waals surface area contributed by atoms with E-state index in [0.29, 0.717) is 36.2 Å².